The van der Waals surface area contributed by atoms with Gasteiger partial charge in [0.25, 0.3) is 0 Å². The second kappa shape index (κ2) is 7.45. The largest absolute Gasteiger partial charge is 0.489 e. The van der Waals surface area contributed by atoms with E-state index in [1.165, 1.54) is 6.92 Å². The van der Waals surface area contributed by atoms with Crippen LogP contribution in [-0.2, 0) is 0 Å². The van der Waals surface area contributed by atoms with Gasteiger partial charge in [-0.2, -0.15) is 0 Å². The van der Waals surface area contributed by atoms with E-state index in [-0.39, 0.29) is 11.9 Å². The number of amides is 2. The van der Waals surface area contributed by atoms with Crippen LogP contribution in [0.2, 0.25) is 0 Å². The van der Waals surface area contributed by atoms with Gasteiger partial charge in [-0.15, -0.1) is 0 Å². The smallest absolute Gasteiger partial charge is 0.323 e. The summed E-state index contributed by atoms with van der Waals surface area (Å²) in [5, 5.41) is 5.46. The molecule has 120 valence electrons. The summed E-state index contributed by atoms with van der Waals surface area (Å²) in [7, 11) is 0. The van der Waals surface area contributed by atoms with Crippen LogP contribution in [0.25, 0.3) is 0 Å². The van der Waals surface area contributed by atoms with Crippen molar-refractivity contribution in [2.75, 3.05) is 10.6 Å². The molecule has 0 saturated heterocycles. The molecule has 0 heterocycles. The van der Waals surface area contributed by atoms with Crippen molar-refractivity contribution in [3.8, 4) is 5.75 Å². The Bertz CT molecular complexity index is 711. The van der Waals surface area contributed by atoms with Gasteiger partial charge in [-0.1, -0.05) is 24.3 Å². The number of anilines is 2. The first-order chi connectivity index (χ1) is 11.0. The second-order valence-corrected chi connectivity index (χ2v) is 5.38. The number of benzene rings is 2. The van der Waals surface area contributed by atoms with Crippen molar-refractivity contribution in [2.24, 2.45) is 0 Å². The summed E-state index contributed by atoms with van der Waals surface area (Å²) in [4.78, 5) is 23.5. The first-order valence-corrected chi connectivity index (χ1v) is 7.40. The van der Waals surface area contributed by atoms with Gasteiger partial charge in [0.15, 0.2) is 5.78 Å². The Morgan fingerprint density at radius 3 is 2.43 bits per heavy atom. The number of carbonyl (C=O) groups is 2. The fourth-order valence-corrected chi connectivity index (χ4v) is 2.03. The van der Waals surface area contributed by atoms with Crippen molar-refractivity contribution in [2.45, 2.75) is 26.9 Å². The van der Waals surface area contributed by atoms with Crippen LogP contribution in [0.5, 0.6) is 5.75 Å². The monoisotopic (exact) mass is 312 g/mol. The number of carbonyl (C=O) groups excluding carboxylic acids is 2. The van der Waals surface area contributed by atoms with Crippen LogP contribution in [0.15, 0.2) is 48.5 Å². The van der Waals surface area contributed by atoms with E-state index in [9.17, 15) is 9.59 Å². The van der Waals surface area contributed by atoms with Gasteiger partial charge < -0.3 is 15.4 Å². The average molecular weight is 312 g/mol. The number of hydrogen-bond donors (Lipinski definition) is 2. The van der Waals surface area contributed by atoms with Crippen LogP contribution in [0.4, 0.5) is 16.2 Å². The second-order valence-electron chi connectivity index (χ2n) is 5.38. The summed E-state index contributed by atoms with van der Waals surface area (Å²) in [6, 6.07) is 13.6. The van der Waals surface area contributed by atoms with Gasteiger partial charge in [0.05, 0.1) is 11.8 Å². The minimum Gasteiger partial charge on any atom is -0.489 e. The Balaban J connectivity index is 2.08. The molecule has 0 atom stereocenters. The van der Waals surface area contributed by atoms with Crippen molar-refractivity contribution in [1.29, 1.82) is 0 Å². The standard InChI is InChI=1S/C18H20N2O3/c1-12(2)23-17-10-5-4-9-16(17)20-18(22)19-15-8-6-7-14(11-15)13(3)21/h4-12H,1-3H3,(H2,19,20,22). The SMILES string of the molecule is CC(=O)c1cccc(NC(=O)Nc2ccccc2OC(C)C)c1. The molecule has 0 saturated carbocycles. The molecule has 0 fully saturated rings. The highest BCUT2D eigenvalue weighted by atomic mass is 16.5. The fraction of sp³-hybridized carbons (Fsp3) is 0.222. The van der Waals surface area contributed by atoms with Crippen molar-refractivity contribution < 1.29 is 14.3 Å². The summed E-state index contributed by atoms with van der Waals surface area (Å²) >= 11 is 0. The zero-order valence-electron chi connectivity index (χ0n) is 13.4. The van der Waals surface area contributed by atoms with E-state index in [1.54, 1.807) is 36.4 Å². The van der Waals surface area contributed by atoms with Gasteiger partial charge in [0.1, 0.15) is 5.75 Å². The van der Waals surface area contributed by atoms with Crippen LogP contribution in [0, 0.1) is 0 Å². The lowest BCUT2D eigenvalue weighted by Gasteiger charge is -2.15. The number of urea groups is 1. The maximum Gasteiger partial charge on any atom is 0.323 e. The van der Waals surface area contributed by atoms with E-state index in [2.05, 4.69) is 10.6 Å². The molecule has 0 aromatic heterocycles. The molecule has 2 N–H and O–H groups in total. The van der Waals surface area contributed by atoms with Crippen LogP contribution in [-0.4, -0.2) is 17.9 Å². The lowest BCUT2D eigenvalue weighted by Crippen LogP contribution is -2.20. The number of rotatable bonds is 5. The first kappa shape index (κ1) is 16.5. The van der Waals surface area contributed by atoms with E-state index in [0.717, 1.165) is 0 Å². The predicted molar refractivity (Wildman–Crippen MR) is 91.3 cm³/mol. The molecule has 0 unspecified atom stereocenters. The molecule has 2 rings (SSSR count). The molecular formula is C18H20N2O3. The number of para-hydroxylation sites is 2. The number of nitrogens with one attached hydrogen (secondary N) is 2. The van der Waals surface area contributed by atoms with E-state index in [4.69, 9.17) is 4.74 Å². The van der Waals surface area contributed by atoms with Gasteiger partial charge >= 0.3 is 6.03 Å². The fourth-order valence-electron chi connectivity index (χ4n) is 2.03. The van der Waals surface area contributed by atoms with Gasteiger partial charge in [-0.05, 0) is 45.0 Å². The highest BCUT2D eigenvalue weighted by Crippen LogP contribution is 2.25. The van der Waals surface area contributed by atoms with E-state index < -0.39 is 6.03 Å². The summed E-state index contributed by atoms with van der Waals surface area (Å²) in [6.45, 7) is 5.33. The molecule has 0 aliphatic rings. The van der Waals surface area contributed by atoms with Gasteiger partial charge in [-0.25, -0.2) is 4.79 Å². The van der Waals surface area contributed by atoms with Crippen LogP contribution in [0.1, 0.15) is 31.1 Å². The molecule has 5 heteroatoms. The summed E-state index contributed by atoms with van der Waals surface area (Å²) in [5.74, 6) is 0.555. The minimum atomic E-state index is -0.398. The molecule has 23 heavy (non-hydrogen) atoms. The lowest BCUT2D eigenvalue weighted by molar-refractivity contribution is 0.101. The van der Waals surface area contributed by atoms with E-state index in [0.29, 0.717) is 22.7 Å². The van der Waals surface area contributed by atoms with Crippen LogP contribution >= 0.6 is 0 Å². The van der Waals surface area contributed by atoms with Gasteiger partial charge in [0, 0.05) is 11.3 Å². The van der Waals surface area contributed by atoms with Crippen LogP contribution < -0.4 is 15.4 Å². The third-order valence-electron chi connectivity index (χ3n) is 3.02. The molecule has 2 aromatic carbocycles. The maximum atomic E-state index is 12.1. The van der Waals surface area contributed by atoms with Crippen molar-refractivity contribution in [3.63, 3.8) is 0 Å². The third-order valence-corrected chi connectivity index (χ3v) is 3.02. The van der Waals surface area contributed by atoms with Crippen LogP contribution in [0.3, 0.4) is 0 Å². The zero-order chi connectivity index (χ0) is 16.8. The first-order valence-electron chi connectivity index (χ1n) is 7.40. The number of ketones is 1. The minimum absolute atomic E-state index is 0.00765. The Morgan fingerprint density at radius 1 is 1.00 bits per heavy atom. The highest BCUT2D eigenvalue weighted by molar-refractivity contribution is 6.02. The number of ether oxygens (including phenoxy) is 1. The number of hydrogen-bond acceptors (Lipinski definition) is 3. The number of Topliss-reactive ketones (excluding diaryl/α,β-unsaturated/α-hetero) is 1. The molecule has 0 spiro atoms. The molecule has 2 amide bonds. The lowest BCUT2D eigenvalue weighted by atomic mass is 10.1. The Labute approximate surface area is 135 Å². The van der Waals surface area contributed by atoms with E-state index in [1.807, 2.05) is 26.0 Å². The Hall–Kier alpha value is -2.82. The Morgan fingerprint density at radius 2 is 1.74 bits per heavy atom. The third kappa shape index (κ3) is 4.85. The molecule has 0 aliphatic heterocycles. The zero-order valence-corrected chi connectivity index (χ0v) is 13.4. The topological polar surface area (TPSA) is 67.4 Å². The van der Waals surface area contributed by atoms with Gasteiger partial charge in [0.2, 0.25) is 0 Å². The molecule has 5 nitrogen and oxygen atoms in total. The molecule has 0 aliphatic carbocycles. The maximum absolute atomic E-state index is 12.1. The summed E-state index contributed by atoms with van der Waals surface area (Å²) < 4.78 is 5.66. The highest BCUT2D eigenvalue weighted by Gasteiger charge is 2.09. The predicted octanol–water partition coefficient (Wildman–Crippen LogP) is 4.32. The summed E-state index contributed by atoms with van der Waals surface area (Å²) in [5.41, 5.74) is 1.69. The van der Waals surface area contributed by atoms with Crippen molar-refractivity contribution >= 4 is 23.2 Å². The summed E-state index contributed by atoms with van der Waals surface area (Å²) in [6.07, 6.45) is 0.00765. The molecule has 0 radical (unpaired) electrons. The molecular weight excluding hydrogens is 292 g/mol. The van der Waals surface area contributed by atoms with E-state index >= 15 is 0 Å². The molecule has 0 bridgehead atoms. The normalized spacial score (nSPS) is 10.3. The Kier molecular flexibility index (Phi) is 5.36. The average Bonchev–Trinajstić information content (AvgIpc) is 2.49. The van der Waals surface area contributed by atoms with Gasteiger partial charge in [-0.3, -0.25) is 4.79 Å². The van der Waals surface area contributed by atoms with Crippen molar-refractivity contribution in [1.82, 2.24) is 0 Å². The molecule has 2 aromatic rings. The quantitative estimate of drug-likeness (QED) is 0.808. The van der Waals surface area contributed by atoms with Crippen molar-refractivity contribution in [3.05, 3.63) is 54.1 Å².